The molecule has 0 aliphatic carbocycles. The maximum Gasteiger partial charge on any atom is 0.308 e. The zero-order valence-electron chi connectivity index (χ0n) is 14.0. The number of hydrogen-bond acceptors (Lipinski definition) is 4. The minimum Gasteiger partial charge on any atom is -0.463 e. The number of hydrogen-bond donors (Lipinski definition) is 2. The Morgan fingerprint density at radius 1 is 1.22 bits per heavy atom. The van der Waals surface area contributed by atoms with Crippen LogP contribution in [0.3, 0.4) is 0 Å². The lowest BCUT2D eigenvalue weighted by Gasteiger charge is -2.21. The lowest BCUT2D eigenvalue weighted by atomic mass is 10.0. The normalized spacial score (nSPS) is 12.9. The van der Waals surface area contributed by atoms with Crippen LogP contribution in [0.2, 0.25) is 0 Å². The van der Waals surface area contributed by atoms with Crippen molar-refractivity contribution in [3.8, 4) is 0 Å². The third kappa shape index (κ3) is 8.00. The van der Waals surface area contributed by atoms with Gasteiger partial charge in [0.2, 0.25) is 5.91 Å². The summed E-state index contributed by atoms with van der Waals surface area (Å²) in [5, 5.41) is 2.86. The lowest BCUT2D eigenvalue weighted by Crippen LogP contribution is -2.42. The highest BCUT2D eigenvalue weighted by atomic mass is 35.5. The molecule has 2 unspecified atom stereocenters. The highest BCUT2D eigenvalue weighted by Crippen LogP contribution is 2.18. The van der Waals surface area contributed by atoms with E-state index in [4.69, 9.17) is 10.5 Å². The SMILES string of the molecule is CCCC(N)C(=O)NC(CC(=O)OC(C)C)c1ccccc1.Cl. The first-order valence-corrected chi connectivity index (χ1v) is 7.74. The molecule has 130 valence electrons. The number of nitrogens with two attached hydrogens (primary N) is 1. The summed E-state index contributed by atoms with van der Waals surface area (Å²) >= 11 is 0. The Bertz CT molecular complexity index is 480. The second-order valence-electron chi connectivity index (χ2n) is 5.61. The fourth-order valence-electron chi connectivity index (χ4n) is 2.14. The van der Waals surface area contributed by atoms with Crippen molar-refractivity contribution in [3.05, 3.63) is 35.9 Å². The summed E-state index contributed by atoms with van der Waals surface area (Å²) in [6, 6.07) is 8.39. The van der Waals surface area contributed by atoms with Crippen molar-refractivity contribution in [2.75, 3.05) is 0 Å². The first kappa shape index (κ1) is 21.4. The van der Waals surface area contributed by atoms with Gasteiger partial charge in [0, 0.05) is 0 Å². The average Bonchev–Trinajstić information content (AvgIpc) is 2.46. The van der Waals surface area contributed by atoms with Crippen LogP contribution in [0.1, 0.15) is 51.6 Å². The molecular formula is C17H27ClN2O3. The Kier molecular flexibility index (Phi) is 10.3. The average molecular weight is 343 g/mol. The van der Waals surface area contributed by atoms with Crippen molar-refractivity contribution >= 4 is 24.3 Å². The fraction of sp³-hybridized carbons (Fsp3) is 0.529. The minimum absolute atomic E-state index is 0. The molecule has 23 heavy (non-hydrogen) atoms. The molecule has 0 radical (unpaired) electrons. The zero-order chi connectivity index (χ0) is 16.5. The van der Waals surface area contributed by atoms with E-state index in [0.717, 1.165) is 12.0 Å². The molecule has 2 atom stereocenters. The van der Waals surface area contributed by atoms with E-state index in [1.54, 1.807) is 13.8 Å². The maximum absolute atomic E-state index is 12.1. The quantitative estimate of drug-likeness (QED) is 0.712. The van der Waals surface area contributed by atoms with Crippen molar-refractivity contribution in [3.63, 3.8) is 0 Å². The number of amides is 1. The number of halogens is 1. The molecule has 1 aromatic carbocycles. The summed E-state index contributed by atoms with van der Waals surface area (Å²) in [4.78, 5) is 24.0. The lowest BCUT2D eigenvalue weighted by molar-refractivity contribution is -0.148. The largest absolute Gasteiger partial charge is 0.463 e. The molecule has 0 fully saturated rings. The van der Waals surface area contributed by atoms with E-state index in [9.17, 15) is 9.59 Å². The van der Waals surface area contributed by atoms with E-state index >= 15 is 0 Å². The van der Waals surface area contributed by atoms with Crippen LogP contribution < -0.4 is 11.1 Å². The molecule has 0 bridgehead atoms. The number of nitrogens with one attached hydrogen (secondary N) is 1. The number of carbonyl (C=O) groups excluding carboxylic acids is 2. The molecule has 0 saturated carbocycles. The molecule has 0 spiro atoms. The van der Waals surface area contributed by atoms with Crippen LogP contribution in [0.5, 0.6) is 0 Å². The van der Waals surface area contributed by atoms with Gasteiger partial charge in [-0.1, -0.05) is 43.7 Å². The maximum atomic E-state index is 12.1. The van der Waals surface area contributed by atoms with Gasteiger partial charge in [-0.2, -0.15) is 0 Å². The van der Waals surface area contributed by atoms with Crippen LogP contribution in [-0.2, 0) is 14.3 Å². The molecule has 0 heterocycles. The summed E-state index contributed by atoms with van der Waals surface area (Å²) in [7, 11) is 0. The molecule has 0 aromatic heterocycles. The highest BCUT2D eigenvalue weighted by Gasteiger charge is 2.22. The fourth-order valence-corrected chi connectivity index (χ4v) is 2.14. The molecule has 0 aliphatic heterocycles. The Balaban J connectivity index is 0.00000484. The van der Waals surface area contributed by atoms with Gasteiger partial charge >= 0.3 is 5.97 Å². The van der Waals surface area contributed by atoms with Crippen molar-refractivity contribution < 1.29 is 14.3 Å². The van der Waals surface area contributed by atoms with E-state index in [1.807, 2.05) is 37.3 Å². The highest BCUT2D eigenvalue weighted by molar-refractivity contribution is 5.85. The van der Waals surface area contributed by atoms with Crippen LogP contribution in [0.25, 0.3) is 0 Å². The second-order valence-corrected chi connectivity index (χ2v) is 5.61. The number of esters is 1. The molecule has 5 nitrogen and oxygen atoms in total. The predicted molar refractivity (Wildman–Crippen MR) is 93.3 cm³/mol. The molecule has 1 aromatic rings. The Labute approximate surface area is 144 Å². The topological polar surface area (TPSA) is 81.4 Å². The van der Waals surface area contributed by atoms with Crippen LogP contribution in [0, 0.1) is 0 Å². The number of benzene rings is 1. The van der Waals surface area contributed by atoms with Crippen LogP contribution in [-0.4, -0.2) is 24.0 Å². The molecule has 3 N–H and O–H groups in total. The summed E-state index contributed by atoms with van der Waals surface area (Å²) in [6.45, 7) is 5.57. The van der Waals surface area contributed by atoms with Gasteiger partial charge in [0.15, 0.2) is 0 Å². The van der Waals surface area contributed by atoms with E-state index < -0.39 is 12.1 Å². The molecule has 6 heteroatoms. The van der Waals surface area contributed by atoms with Gasteiger partial charge in [-0.25, -0.2) is 0 Å². The van der Waals surface area contributed by atoms with Gasteiger partial charge in [-0.15, -0.1) is 12.4 Å². The Morgan fingerprint density at radius 3 is 2.35 bits per heavy atom. The van der Waals surface area contributed by atoms with E-state index in [0.29, 0.717) is 6.42 Å². The Morgan fingerprint density at radius 2 is 1.83 bits per heavy atom. The summed E-state index contributed by atoms with van der Waals surface area (Å²) < 4.78 is 5.17. The van der Waals surface area contributed by atoms with Crippen molar-refractivity contribution in [1.82, 2.24) is 5.32 Å². The van der Waals surface area contributed by atoms with Gasteiger partial charge in [0.25, 0.3) is 0 Å². The molecule has 0 saturated heterocycles. The molecule has 1 amide bonds. The monoisotopic (exact) mass is 342 g/mol. The van der Waals surface area contributed by atoms with Crippen LogP contribution in [0.15, 0.2) is 30.3 Å². The first-order chi connectivity index (χ1) is 10.4. The number of rotatable bonds is 8. The number of ether oxygens (including phenoxy) is 1. The van der Waals surface area contributed by atoms with Crippen molar-refractivity contribution in [1.29, 1.82) is 0 Å². The van der Waals surface area contributed by atoms with Gasteiger partial charge in [-0.3, -0.25) is 9.59 Å². The minimum atomic E-state index is -0.558. The molecular weight excluding hydrogens is 316 g/mol. The van der Waals surface area contributed by atoms with Crippen molar-refractivity contribution in [2.24, 2.45) is 5.73 Å². The standard InChI is InChI=1S/C17H26N2O3.ClH/c1-4-8-14(18)17(21)19-15(11-16(20)22-12(2)3)13-9-6-5-7-10-13;/h5-7,9-10,12,14-15H,4,8,11,18H2,1-3H3,(H,19,21);1H. The third-order valence-electron chi connectivity index (χ3n) is 3.19. The second kappa shape index (κ2) is 11.0. The summed E-state index contributed by atoms with van der Waals surface area (Å²) in [5.74, 6) is -0.582. The first-order valence-electron chi connectivity index (χ1n) is 7.74. The van der Waals surface area contributed by atoms with Crippen LogP contribution in [0.4, 0.5) is 0 Å². The van der Waals surface area contributed by atoms with E-state index in [2.05, 4.69) is 5.32 Å². The molecule has 0 aliphatic rings. The molecule has 1 rings (SSSR count). The van der Waals surface area contributed by atoms with Gasteiger partial charge in [0.1, 0.15) is 0 Å². The van der Waals surface area contributed by atoms with Gasteiger partial charge < -0.3 is 15.8 Å². The van der Waals surface area contributed by atoms with Crippen LogP contribution >= 0.6 is 12.4 Å². The number of carbonyl (C=O) groups is 2. The smallest absolute Gasteiger partial charge is 0.308 e. The van der Waals surface area contributed by atoms with Gasteiger partial charge in [0.05, 0.1) is 24.6 Å². The Hall–Kier alpha value is -1.59. The predicted octanol–water partition coefficient (Wildman–Crippen LogP) is 2.73. The zero-order valence-corrected chi connectivity index (χ0v) is 14.8. The summed E-state index contributed by atoms with van der Waals surface area (Å²) in [5.41, 5.74) is 6.70. The van der Waals surface area contributed by atoms with Gasteiger partial charge in [-0.05, 0) is 25.8 Å². The van der Waals surface area contributed by atoms with E-state index in [1.165, 1.54) is 0 Å². The van der Waals surface area contributed by atoms with E-state index in [-0.39, 0.29) is 36.8 Å². The summed E-state index contributed by atoms with van der Waals surface area (Å²) in [6.07, 6.45) is 1.36. The van der Waals surface area contributed by atoms with Crippen molar-refractivity contribution in [2.45, 2.75) is 58.2 Å². The third-order valence-corrected chi connectivity index (χ3v) is 3.19.